The van der Waals surface area contributed by atoms with Crippen LogP contribution in [0.3, 0.4) is 0 Å². The van der Waals surface area contributed by atoms with Crippen LogP contribution in [-0.2, 0) is 0 Å². The number of nitrogens with zero attached hydrogens (tertiary/aromatic N) is 3. The second kappa shape index (κ2) is 4.70. The molecule has 1 aromatic heterocycles. The normalized spacial score (nSPS) is 10.1. The van der Waals surface area contributed by atoms with Crippen molar-refractivity contribution in [3.8, 4) is 0 Å². The van der Waals surface area contributed by atoms with Gasteiger partial charge in [-0.15, -0.1) is 0 Å². The molecular formula is C12H14N6. The molecule has 92 valence electrons. The Balaban J connectivity index is 2.31. The van der Waals surface area contributed by atoms with E-state index in [2.05, 4.69) is 26.8 Å². The van der Waals surface area contributed by atoms with Crippen LogP contribution in [0.25, 0.3) is 5.57 Å². The smallest absolute Gasteiger partial charge is 0.232 e. The third-order valence-electron chi connectivity index (χ3n) is 2.18. The molecule has 1 heterocycles. The highest BCUT2D eigenvalue weighted by molar-refractivity contribution is 5.62. The maximum absolute atomic E-state index is 5.69. The molecule has 0 aliphatic heterocycles. The lowest BCUT2D eigenvalue weighted by Gasteiger charge is -2.07. The fourth-order valence-electron chi connectivity index (χ4n) is 1.38. The summed E-state index contributed by atoms with van der Waals surface area (Å²) in [5.41, 5.74) is 13.5. The van der Waals surface area contributed by atoms with Gasteiger partial charge in [-0.3, -0.25) is 0 Å². The molecule has 0 atom stereocenters. The maximum Gasteiger partial charge on any atom is 0.232 e. The number of benzene rings is 1. The second-order valence-electron chi connectivity index (χ2n) is 3.87. The molecule has 0 unspecified atom stereocenters. The van der Waals surface area contributed by atoms with E-state index in [0.29, 0.717) is 17.5 Å². The summed E-state index contributed by atoms with van der Waals surface area (Å²) >= 11 is 0. The zero-order valence-corrected chi connectivity index (χ0v) is 10.0. The Hall–Kier alpha value is -2.63. The highest BCUT2D eigenvalue weighted by Gasteiger charge is 2.05. The lowest BCUT2D eigenvalue weighted by molar-refractivity contribution is 1.04. The Labute approximate surface area is 105 Å². The molecule has 0 bridgehead atoms. The molecule has 0 radical (unpaired) electrons. The van der Waals surface area contributed by atoms with E-state index < -0.39 is 0 Å². The first-order chi connectivity index (χ1) is 8.54. The highest BCUT2D eigenvalue weighted by Crippen LogP contribution is 2.17. The minimum Gasteiger partial charge on any atom is -0.399 e. The summed E-state index contributed by atoms with van der Waals surface area (Å²) in [5, 5.41) is 3.02. The van der Waals surface area contributed by atoms with Gasteiger partial charge in [0.2, 0.25) is 11.9 Å². The molecule has 6 heteroatoms. The predicted molar refractivity (Wildman–Crippen MR) is 73.1 cm³/mol. The number of allylic oxidation sites excluding steroid dienone is 1. The van der Waals surface area contributed by atoms with Gasteiger partial charge in [0.05, 0.1) is 0 Å². The van der Waals surface area contributed by atoms with Gasteiger partial charge < -0.3 is 16.8 Å². The van der Waals surface area contributed by atoms with Crippen LogP contribution in [0.5, 0.6) is 0 Å². The minimum atomic E-state index is 0.148. The summed E-state index contributed by atoms with van der Waals surface area (Å²) in [7, 11) is 0. The van der Waals surface area contributed by atoms with Gasteiger partial charge >= 0.3 is 0 Å². The Kier molecular flexibility index (Phi) is 3.09. The standard InChI is InChI=1S/C12H14N6/c1-7(2)10-16-11(14)18-12(17-10)15-9-5-3-4-8(13)6-9/h3-6H,1,13H2,2H3,(H3,14,15,16,17,18). The Morgan fingerprint density at radius 3 is 2.67 bits per heavy atom. The van der Waals surface area contributed by atoms with E-state index in [1.165, 1.54) is 0 Å². The second-order valence-corrected chi connectivity index (χ2v) is 3.87. The van der Waals surface area contributed by atoms with Crippen LogP contribution in [0, 0.1) is 0 Å². The number of hydrogen-bond acceptors (Lipinski definition) is 6. The van der Waals surface area contributed by atoms with Crippen LogP contribution in [0.4, 0.5) is 23.3 Å². The molecule has 0 aliphatic carbocycles. The first kappa shape index (κ1) is 11.8. The summed E-state index contributed by atoms with van der Waals surface area (Å²) in [6.45, 7) is 5.58. The molecule has 2 aromatic rings. The molecule has 0 saturated carbocycles. The number of nitrogen functional groups attached to an aromatic ring is 2. The first-order valence-corrected chi connectivity index (χ1v) is 5.34. The lowest BCUT2D eigenvalue weighted by atomic mass is 10.3. The van der Waals surface area contributed by atoms with Gasteiger partial charge in [-0.25, -0.2) is 0 Å². The van der Waals surface area contributed by atoms with E-state index in [-0.39, 0.29) is 5.95 Å². The number of rotatable bonds is 3. The van der Waals surface area contributed by atoms with Crippen molar-refractivity contribution in [2.45, 2.75) is 6.92 Å². The van der Waals surface area contributed by atoms with E-state index >= 15 is 0 Å². The molecule has 0 saturated heterocycles. The van der Waals surface area contributed by atoms with Crippen molar-refractivity contribution >= 4 is 28.8 Å². The van der Waals surface area contributed by atoms with E-state index in [9.17, 15) is 0 Å². The monoisotopic (exact) mass is 242 g/mol. The van der Waals surface area contributed by atoms with E-state index in [4.69, 9.17) is 11.5 Å². The van der Waals surface area contributed by atoms with E-state index in [0.717, 1.165) is 11.3 Å². The van der Waals surface area contributed by atoms with Gasteiger partial charge in [0.1, 0.15) is 0 Å². The summed E-state index contributed by atoms with van der Waals surface area (Å²) in [4.78, 5) is 12.2. The zero-order valence-electron chi connectivity index (χ0n) is 10.0. The van der Waals surface area contributed by atoms with Gasteiger partial charge in [0.25, 0.3) is 0 Å². The van der Waals surface area contributed by atoms with Crippen LogP contribution >= 0.6 is 0 Å². The third-order valence-corrected chi connectivity index (χ3v) is 2.18. The molecule has 0 spiro atoms. The average molecular weight is 242 g/mol. The van der Waals surface area contributed by atoms with Gasteiger partial charge in [-0.05, 0) is 30.7 Å². The van der Waals surface area contributed by atoms with Crippen molar-refractivity contribution in [1.82, 2.24) is 15.0 Å². The van der Waals surface area contributed by atoms with E-state index in [1.807, 2.05) is 12.1 Å². The van der Waals surface area contributed by atoms with Crippen molar-refractivity contribution in [3.63, 3.8) is 0 Å². The van der Waals surface area contributed by atoms with Crippen molar-refractivity contribution in [2.75, 3.05) is 16.8 Å². The molecule has 0 fully saturated rings. The summed E-state index contributed by atoms with van der Waals surface area (Å²) < 4.78 is 0. The molecular weight excluding hydrogens is 228 g/mol. The topological polar surface area (TPSA) is 103 Å². The fraction of sp³-hybridized carbons (Fsp3) is 0.0833. The van der Waals surface area contributed by atoms with Crippen molar-refractivity contribution in [3.05, 3.63) is 36.7 Å². The average Bonchev–Trinajstić information content (AvgIpc) is 2.28. The number of hydrogen-bond donors (Lipinski definition) is 3. The lowest BCUT2D eigenvalue weighted by Crippen LogP contribution is -2.06. The Morgan fingerprint density at radius 1 is 1.22 bits per heavy atom. The summed E-state index contributed by atoms with van der Waals surface area (Å²) in [6.07, 6.45) is 0. The van der Waals surface area contributed by atoms with Gasteiger partial charge in [-0.2, -0.15) is 15.0 Å². The molecule has 0 amide bonds. The zero-order chi connectivity index (χ0) is 13.1. The van der Waals surface area contributed by atoms with Crippen molar-refractivity contribution in [2.24, 2.45) is 0 Å². The Bertz CT molecular complexity index is 593. The fourth-order valence-corrected chi connectivity index (χ4v) is 1.38. The molecule has 18 heavy (non-hydrogen) atoms. The number of aromatic nitrogens is 3. The number of nitrogens with one attached hydrogen (secondary N) is 1. The first-order valence-electron chi connectivity index (χ1n) is 5.34. The SMILES string of the molecule is C=C(C)c1nc(N)nc(Nc2cccc(N)c2)n1. The molecule has 0 aliphatic rings. The minimum absolute atomic E-state index is 0.148. The van der Waals surface area contributed by atoms with Crippen LogP contribution in [0.2, 0.25) is 0 Å². The van der Waals surface area contributed by atoms with Crippen molar-refractivity contribution < 1.29 is 0 Å². The number of nitrogens with two attached hydrogens (primary N) is 2. The third kappa shape index (κ3) is 2.73. The van der Waals surface area contributed by atoms with E-state index in [1.54, 1.807) is 19.1 Å². The highest BCUT2D eigenvalue weighted by atomic mass is 15.2. The summed E-state index contributed by atoms with van der Waals surface area (Å²) in [5.74, 6) is 0.981. The predicted octanol–water partition coefficient (Wildman–Crippen LogP) is 1.81. The summed E-state index contributed by atoms with van der Waals surface area (Å²) in [6, 6.07) is 7.27. The van der Waals surface area contributed by atoms with Gasteiger partial charge in [0.15, 0.2) is 5.82 Å². The van der Waals surface area contributed by atoms with Crippen LogP contribution in [-0.4, -0.2) is 15.0 Å². The molecule has 1 aromatic carbocycles. The quantitative estimate of drug-likeness (QED) is 0.709. The maximum atomic E-state index is 5.69. The van der Waals surface area contributed by atoms with Crippen LogP contribution < -0.4 is 16.8 Å². The Morgan fingerprint density at radius 2 is 2.00 bits per heavy atom. The van der Waals surface area contributed by atoms with Crippen LogP contribution in [0.15, 0.2) is 30.8 Å². The van der Waals surface area contributed by atoms with Crippen LogP contribution in [0.1, 0.15) is 12.7 Å². The van der Waals surface area contributed by atoms with Gasteiger partial charge in [-0.1, -0.05) is 12.6 Å². The molecule has 5 N–H and O–H groups in total. The molecule has 2 rings (SSSR count). The number of anilines is 4. The molecule has 6 nitrogen and oxygen atoms in total. The largest absolute Gasteiger partial charge is 0.399 e. The van der Waals surface area contributed by atoms with Crippen molar-refractivity contribution in [1.29, 1.82) is 0 Å². The van der Waals surface area contributed by atoms with Gasteiger partial charge in [0, 0.05) is 11.4 Å².